The van der Waals surface area contributed by atoms with Crippen molar-refractivity contribution >= 4 is 28.7 Å². The summed E-state index contributed by atoms with van der Waals surface area (Å²) in [5.41, 5.74) is 6.44. The molecule has 1 N–H and O–H groups in total. The van der Waals surface area contributed by atoms with Crippen molar-refractivity contribution in [1.29, 1.82) is 0 Å². The predicted molar refractivity (Wildman–Crippen MR) is 141 cm³/mol. The molecule has 0 aliphatic rings. The number of imidazole rings is 1. The maximum absolute atomic E-state index is 13.8. The van der Waals surface area contributed by atoms with Crippen LogP contribution in [-0.4, -0.2) is 20.4 Å². The summed E-state index contributed by atoms with van der Waals surface area (Å²) in [6.45, 7) is 2.95. The highest BCUT2D eigenvalue weighted by atomic mass is 32.2. The highest BCUT2D eigenvalue weighted by Gasteiger charge is 2.13. The maximum Gasteiger partial charge on any atom is 0.251 e. The minimum absolute atomic E-state index is 0.148. The molecule has 0 aliphatic carbocycles. The van der Waals surface area contributed by atoms with Crippen molar-refractivity contribution in [2.24, 2.45) is 0 Å². The molecule has 5 rings (SSSR count). The Morgan fingerprint density at radius 2 is 1.72 bits per heavy atom. The summed E-state index contributed by atoms with van der Waals surface area (Å²) in [6, 6.07) is 24.4. The van der Waals surface area contributed by atoms with Crippen LogP contribution < -0.4 is 5.32 Å². The van der Waals surface area contributed by atoms with Crippen molar-refractivity contribution in [2.45, 2.75) is 30.9 Å². The van der Waals surface area contributed by atoms with E-state index in [4.69, 9.17) is 4.98 Å². The number of pyridine rings is 1. The van der Waals surface area contributed by atoms with Crippen LogP contribution in [0.15, 0.2) is 96.4 Å². The number of rotatable bonds is 8. The standard InChI is InChI=1S/C29H25FN4OS/c1-20-6-8-21(9-7-20)18-34-27-17-31-15-14-26(27)33-29(34)36-19-22-10-12-23(13-11-22)28(35)32-16-24-4-2-3-5-25(24)30/h2-15,17H,16,18-19H2,1H3,(H,32,35). The molecule has 0 bridgehead atoms. The van der Waals surface area contributed by atoms with Gasteiger partial charge in [-0.05, 0) is 42.3 Å². The minimum Gasteiger partial charge on any atom is -0.348 e. The van der Waals surface area contributed by atoms with E-state index >= 15 is 0 Å². The van der Waals surface area contributed by atoms with E-state index in [2.05, 4.69) is 46.1 Å². The molecular weight excluding hydrogens is 471 g/mol. The molecule has 36 heavy (non-hydrogen) atoms. The van der Waals surface area contributed by atoms with Gasteiger partial charge in [-0.3, -0.25) is 9.78 Å². The Bertz CT molecular complexity index is 1500. The molecule has 0 unspecified atom stereocenters. The van der Waals surface area contributed by atoms with Gasteiger partial charge in [0, 0.05) is 29.6 Å². The molecule has 1 amide bonds. The van der Waals surface area contributed by atoms with Crippen molar-refractivity contribution in [3.05, 3.63) is 125 Å². The molecule has 3 aromatic carbocycles. The van der Waals surface area contributed by atoms with Gasteiger partial charge in [0.25, 0.3) is 5.91 Å². The monoisotopic (exact) mass is 496 g/mol. The Morgan fingerprint density at radius 1 is 0.972 bits per heavy atom. The van der Waals surface area contributed by atoms with Gasteiger partial charge in [0.2, 0.25) is 0 Å². The molecule has 2 heterocycles. The van der Waals surface area contributed by atoms with Crippen molar-refractivity contribution in [3.8, 4) is 0 Å². The number of nitrogens with one attached hydrogen (secondary N) is 1. The van der Waals surface area contributed by atoms with E-state index in [0.717, 1.165) is 21.8 Å². The number of aryl methyl sites for hydroxylation is 1. The van der Waals surface area contributed by atoms with Gasteiger partial charge in [0.1, 0.15) is 5.82 Å². The molecule has 0 saturated carbocycles. The molecule has 180 valence electrons. The van der Waals surface area contributed by atoms with Crippen LogP contribution in [0.3, 0.4) is 0 Å². The average molecular weight is 497 g/mol. The Labute approximate surface area is 213 Å². The van der Waals surface area contributed by atoms with E-state index in [0.29, 0.717) is 23.4 Å². The summed E-state index contributed by atoms with van der Waals surface area (Å²) >= 11 is 1.65. The van der Waals surface area contributed by atoms with Crippen LogP contribution in [0.4, 0.5) is 4.39 Å². The van der Waals surface area contributed by atoms with Crippen molar-refractivity contribution < 1.29 is 9.18 Å². The fourth-order valence-electron chi connectivity index (χ4n) is 3.91. The lowest BCUT2D eigenvalue weighted by molar-refractivity contribution is 0.0950. The van der Waals surface area contributed by atoms with E-state index in [1.807, 2.05) is 24.4 Å². The molecule has 7 heteroatoms. The van der Waals surface area contributed by atoms with Crippen LogP contribution in [0.1, 0.15) is 32.6 Å². The Morgan fingerprint density at radius 3 is 2.50 bits per heavy atom. The first-order valence-corrected chi connectivity index (χ1v) is 12.6. The second-order valence-corrected chi connectivity index (χ2v) is 9.53. The van der Waals surface area contributed by atoms with Crippen LogP contribution >= 0.6 is 11.8 Å². The first-order chi connectivity index (χ1) is 17.6. The smallest absolute Gasteiger partial charge is 0.251 e. The van der Waals surface area contributed by atoms with Gasteiger partial charge in [-0.15, -0.1) is 0 Å². The minimum atomic E-state index is -0.325. The summed E-state index contributed by atoms with van der Waals surface area (Å²) in [5, 5.41) is 3.70. The molecule has 2 aromatic heterocycles. The molecular formula is C29H25FN4OS. The predicted octanol–water partition coefficient (Wildman–Crippen LogP) is 6.15. The van der Waals surface area contributed by atoms with E-state index in [9.17, 15) is 9.18 Å². The van der Waals surface area contributed by atoms with Crippen molar-refractivity contribution in [3.63, 3.8) is 0 Å². The van der Waals surface area contributed by atoms with Crippen LogP contribution in [0.25, 0.3) is 11.0 Å². The molecule has 0 aliphatic heterocycles. The average Bonchev–Trinajstić information content (AvgIpc) is 3.25. The number of hydrogen-bond donors (Lipinski definition) is 1. The number of thioether (sulfide) groups is 1. The quantitative estimate of drug-likeness (QED) is 0.262. The van der Waals surface area contributed by atoms with Crippen LogP contribution in [0.5, 0.6) is 0 Å². The second-order valence-electron chi connectivity index (χ2n) is 8.59. The third-order valence-electron chi connectivity index (χ3n) is 5.96. The molecule has 0 spiro atoms. The molecule has 0 atom stereocenters. The SMILES string of the molecule is Cc1ccc(Cn2c(SCc3ccc(C(=O)NCc4ccccc4F)cc3)nc3ccncc32)cc1. The van der Waals surface area contributed by atoms with Gasteiger partial charge in [0.15, 0.2) is 5.16 Å². The Balaban J connectivity index is 1.26. The fraction of sp³-hybridized carbons (Fsp3) is 0.138. The van der Waals surface area contributed by atoms with E-state index in [1.165, 1.54) is 17.2 Å². The number of amides is 1. The molecule has 0 fully saturated rings. The van der Waals surface area contributed by atoms with Gasteiger partial charge >= 0.3 is 0 Å². The molecule has 0 saturated heterocycles. The Hall–Kier alpha value is -3.97. The number of benzene rings is 3. The number of hydrogen-bond acceptors (Lipinski definition) is 4. The third kappa shape index (κ3) is 5.47. The second kappa shape index (κ2) is 10.7. The van der Waals surface area contributed by atoms with Crippen molar-refractivity contribution in [2.75, 3.05) is 0 Å². The lowest BCUT2D eigenvalue weighted by atomic mass is 10.1. The molecule has 0 radical (unpaired) electrons. The summed E-state index contributed by atoms with van der Waals surface area (Å²) in [4.78, 5) is 21.6. The topological polar surface area (TPSA) is 59.8 Å². The number of carbonyl (C=O) groups is 1. The first-order valence-electron chi connectivity index (χ1n) is 11.7. The highest BCUT2D eigenvalue weighted by molar-refractivity contribution is 7.98. The normalized spacial score (nSPS) is 11.1. The Kier molecular flexibility index (Phi) is 7.09. The van der Waals surface area contributed by atoms with Crippen molar-refractivity contribution in [1.82, 2.24) is 19.9 Å². The highest BCUT2D eigenvalue weighted by Crippen LogP contribution is 2.27. The van der Waals surface area contributed by atoms with Crippen LogP contribution in [0, 0.1) is 12.7 Å². The summed E-state index contributed by atoms with van der Waals surface area (Å²) in [6.07, 6.45) is 3.62. The fourth-order valence-corrected chi connectivity index (χ4v) is 4.88. The van der Waals surface area contributed by atoms with Gasteiger partial charge in [-0.2, -0.15) is 0 Å². The summed E-state index contributed by atoms with van der Waals surface area (Å²) in [5.74, 6) is 0.154. The molecule has 5 nitrogen and oxygen atoms in total. The molecule has 5 aromatic rings. The van der Waals surface area contributed by atoms with E-state index < -0.39 is 0 Å². The zero-order valence-electron chi connectivity index (χ0n) is 19.8. The first kappa shape index (κ1) is 23.8. The van der Waals surface area contributed by atoms with E-state index in [1.54, 1.807) is 48.3 Å². The summed E-state index contributed by atoms with van der Waals surface area (Å²) in [7, 11) is 0. The van der Waals surface area contributed by atoms with Gasteiger partial charge in [-0.25, -0.2) is 9.37 Å². The van der Waals surface area contributed by atoms with Crippen LogP contribution in [0.2, 0.25) is 0 Å². The third-order valence-corrected chi connectivity index (χ3v) is 7.01. The number of halogens is 1. The van der Waals surface area contributed by atoms with Gasteiger partial charge in [-0.1, -0.05) is 71.9 Å². The van der Waals surface area contributed by atoms with Crippen LogP contribution in [-0.2, 0) is 18.8 Å². The van der Waals surface area contributed by atoms with Gasteiger partial charge < -0.3 is 9.88 Å². The number of aromatic nitrogens is 3. The lowest BCUT2D eigenvalue weighted by Gasteiger charge is -2.10. The van der Waals surface area contributed by atoms with Gasteiger partial charge in [0.05, 0.1) is 23.8 Å². The number of carbonyl (C=O) groups excluding carboxylic acids is 1. The zero-order valence-corrected chi connectivity index (χ0v) is 20.6. The lowest BCUT2D eigenvalue weighted by Crippen LogP contribution is -2.23. The number of fused-ring (bicyclic) bond motifs is 1. The largest absolute Gasteiger partial charge is 0.348 e. The van der Waals surface area contributed by atoms with E-state index in [-0.39, 0.29) is 18.3 Å². The zero-order chi connectivity index (χ0) is 24.9. The summed E-state index contributed by atoms with van der Waals surface area (Å²) < 4.78 is 16.0. The number of nitrogens with zero attached hydrogens (tertiary/aromatic N) is 3. The maximum atomic E-state index is 13.8.